The molecule has 0 aliphatic heterocycles. The van der Waals surface area contributed by atoms with Gasteiger partial charge in [-0.3, -0.25) is 4.98 Å². The van der Waals surface area contributed by atoms with Crippen molar-refractivity contribution >= 4 is 0 Å². The summed E-state index contributed by atoms with van der Waals surface area (Å²) in [4.78, 5) is 4.16. The molecule has 0 amide bonds. The molecule has 0 bridgehead atoms. The Bertz CT molecular complexity index is 564. The van der Waals surface area contributed by atoms with Gasteiger partial charge in [0, 0.05) is 23.5 Å². The minimum Gasteiger partial charge on any atom is -0.457 e. The lowest BCUT2D eigenvalue weighted by molar-refractivity contribution is 0.276. The first-order chi connectivity index (χ1) is 9.10. The highest BCUT2D eigenvalue weighted by molar-refractivity contribution is 5.39. The Hall–Kier alpha value is -1.87. The lowest BCUT2D eigenvalue weighted by Crippen LogP contribution is -1.95. The van der Waals surface area contributed by atoms with Crippen LogP contribution in [0.15, 0.2) is 36.5 Å². The largest absolute Gasteiger partial charge is 0.457 e. The van der Waals surface area contributed by atoms with E-state index in [0.29, 0.717) is 17.2 Å². The SMILES string of the molecule is Cc1cc(Oc2cccc(C(C)C)c2)c(CO)cn1. The second-order valence-electron chi connectivity index (χ2n) is 4.92. The zero-order chi connectivity index (χ0) is 13.8. The first-order valence-corrected chi connectivity index (χ1v) is 6.44. The maximum absolute atomic E-state index is 9.31. The van der Waals surface area contributed by atoms with E-state index in [-0.39, 0.29) is 6.61 Å². The third kappa shape index (κ3) is 3.32. The van der Waals surface area contributed by atoms with Crippen LogP contribution in [0.1, 0.15) is 36.6 Å². The highest BCUT2D eigenvalue weighted by Crippen LogP contribution is 2.28. The summed E-state index contributed by atoms with van der Waals surface area (Å²) in [6.07, 6.45) is 1.65. The minimum absolute atomic E-state index is 0.0769. The molecule has 1 heterocycles. The molecule has 0 radical (unpaired) electrons. The summed E-state index contributed by atoms with van der Waals surface area (Å²) in [5.41, 5.74) is 2.79. The fourth-order valence-corrected chi connectivity index (χ4v) is 1.84. The molecule has 0 spiro atoms. The first-order valence-electron chi connectivity index (χ1n) is 6.44. The summed E-state index contributed by atoms with van der Waals surface area (Å²) in [6, 6.07) is 9.86. The predicted molar refractivity (Wildman–Crippen MR) is 75.5 cm³/mol. The van der Waals surface area contributed by atoms with Crippen molar-refractivity contribution in [2.24, 2.45) is 0 Å². The number of nitrogens with zero attached hydrogens (tertiary/aromatic N) is 1. The quantitative estimate of drug-likeness (QED) is 0.906. The summed E-state index contributed by atoms with van der Waals surface area (Å²) in [7, 11) is 0. The van der Waals surface area contributed by atoms with Gasteiger partial charge in [0.2, 0.25) is 0 Å². The predicted octanol–water partition coefficient (Wildman–Crippen LogP) is 3.80. The number of aromatic nitrogens is 1. The van der Waals surface area contributed by atoms with Crippen LogP contribution in [-0.2, 0) is 6.61 Å². The van der Waals surface area contributed by atoms with Gasteiger partial charge in [0.25, 0.3) is 0 Å². The Morgan fingerprint density at radius 2 is 2.05 bits per heavy atom. The van der Waals surface area contributed by atoms with E-state index in [0.717, 1.165) is 11.4 Å². The van der Waals surface area contributed by atoms with Crippen molar-refractivity contribution in [3.63, 3.8) is 0 Å². The van der Waals surface area contributed by atoms with Gasteiger partial charge in [-0.05, 0) is 30.5 Å². The minimum atomic E-state index is -0.0769. The molecule has 0 aliphatic carbocycles. The molecule has 0 atom stereocenters. The average molecular weight is 257 g/mol. The second-order valence-corrected chi connectivity index (χ2v) is 4.92. The maximum Gasteiger partial charge on any atom is 0.136 e. The number of aliphatic hydroxyl groups excluding tert-OH is 1. The number of ether oxygens (including phenoxy) is 1. The molecule has 1 aromatic heterocycles. The summed E-state index contributed by atoms with van der Waals surface area (Å²) >= 11 is 0. The van der Waals surface area contributed by atoms with E-state index < -0.39 is 0 Å². The Labute approximate surface area is 113 Å². The van der Waals surface area contributed by atoms with E-state index in [2.05, 4.69) is 24.9 Å². The second kappa shape index (κ2) is 5.85. The van der Waals surface area contributed by atoms with Gasteiger partial charge in [0.1, 0.15) is 11.5 Å². The Morgan fingerprint density at radius 3 is 2.74 bits per heavy atom. The van der Waals surface area contributed by atoms with Crippen LogP contribution in [-0.4, -0.2) is 10.1 Å². The molecule has 1 aromatic carbocycles. The lowest BCUT2D eigenvalue weighted by atomic mass is 10.0. The van der Waals surface area contributed by atoms with Crippen molar-refractivity contribution in [1.82, 2.24) is 4.98 Å². The fourth-order valence-electron chi connectivity index (χ4n) is 1.84. The van der Waals surface area contributed by atoms with Crippen molar-refractivity contribution in [1.29, 1.82) is 0 Å². The highest BCUT2D eigenvalue weighted by Gasteiger charge is 2.07. The molecule has 2 aromatic rings. The van der Waals surface area contributed by atoms with E-state index in [4.69, 9.17) is 4.74 Å². The zero-order valence-electron chi connectivity index (χ0n) is 11.6. The third-order valence-corrected chi connectivity index (χ3v) is 3.00. The number of aliphatic hydroxyl groups is 1. The van der Waals surface area contributed by atoms with Crippen LogP contribution in [0.3, 0.4) is 0 Å². The molecule has 3 nitrogen and oxygen atoms in total. The molecular weight excluding hydrogens is 238 g/mol. The Balaban J connectivity index is 2.30. The van der Waals surface area contributed by atoms with E-state index >= 15 is 0 Å². The number of rotatable bonds is 4. The zero-order valence-corrected chi connectivity index (χ0v) is 11.6. The number of pyridine rings is 1. The van der Waals surface area contributed by atoms with Gasteiger partial charge in [-0.1, -0.05) is 26.0 Å². The van der Waals surface area contributed by atoms with E-state index in [1.54, 1.807) is 6.20 Å². The molecule has 1 N–H and O–H groups in total. The average Bonchev–Trinajstić information content (AvgIpc) is 2.39. The van der Waals surface area contributed by atoms with Crippen LogP contribution in [0.25, 0.3) is 0 Å². The fraction of sp³-hybridized carbons (Fsp3) is 0.312. The number of hydrogen-bond donors (Lipinski definition) is 1. The smallest absolute Gasteiger partial charge is 0.136 e. The van der Waals surface area contributed by atoms with Crippen LogP contribution < -0.4 is 4.74 Å². The molecular formula is C16H19NO2. The third-order valence-electron chi connectivity index (χ3n) is 3.00. The lowest BCUT2D eigenvalue weighted by Gasteiger charge is -2.12. The van der Waals surface area contributed by atoms with Gasteiger partial charge < -0.3 is 9.84 Å². The van der Waals surface area contributed by atoms with Gasteiger partial charge in [-0.15, -0.1) is 0 Å². The monoisotopic (exact) mass is 257 g/mol. The molecule has 19 heavy (non-hydrogen) atoms. The van der Waals surface area contributed by atoms with Crippen molar-refractivity contribution in [2.45, 2.75) is 33.3 Å². The van der Waals surface area contributed by atoms with Crippen LogP contribution in [0.4, 0.5) is 0 Å². The maximum atomic E-state index is 9.31. The van der Waals surface area contributed by atoms with Crippen LogP contribution in [0.5, 0.6) is 11.5 Å². The number of aryl methyl sites for hydroxylation is 1. The van der Waals surface area contributed by atoms with Crippen molar-refractivity contribution in [3.8, 4) is 11.5 Å². The van der Waals surface area contributed by atoms with Crippen LogP contribution in [0, 0.1) is 6.92 Å². The van der Waals surface area contributed by atoms with Crippen LogP contribution >= 0.6 is 0 Å². The number of benzene rings is 1. The molecule has 100 valence electrons. The van der Waals surface area contributed by atoms with E-state index in [1.165, 1.54) is 5.56 Å². The highest BCUT2D eigenvalue weighted by atomic mass is 16.5. The molecule has 3 heteroatoms. The molecule has 0 unspecified atom stereocenters. The standard InChI is InChI=1S/C16H19NO2/c1-11(2)13-5-4-6-15(8-13)19-16-7-12(3)17-9-14(16)10-18/h4-9,11,18H,10H2,1-3H3. The van der Waals surface area contributed by atoms with Crippen molar-refractivity contribution in [2.75, 3.05) is 0 Å². The van der Waals surface area contributed by atoms with Crippen LogP contribution in [0.2, 0.25) is 0 Å². The summed E-state index contributed by atoms with van der Waals surface area (Å²) in [5, 5.41) is 9.31. The van der Waals surface area contributed by atoms with Gasteiger partial charge in [-0.25, -0.2) is 0 Å². The summed E-state index contributed by atoms with van der Waals surface area (Å²) in [5.74, 6) is 1.91. The Morgan fingerprint density at radius 1 is 1.26 bits per heavy atom. The molecule has 0 fully saturated rings. The Kier molecular flexibility index (Phi) is 4.17. The van der Waals surface area contributed by atoms with Crippen molar-refractivity contribution < 1.29 is 9.84 Å². The van der Waals surface area contributed by atoms with Gasteiger partial charge in [0.15, 0.2) is 0 Å². The van der Waals surface area contributed by atoms with Gasteiger partial charge >= 0.3 is 0 Å². The number of hydrogen-bond acceptors (Lipinski definition) is 3. The molecule has 0 saturated heterocycles. The molecule has 0 aliphatic rings. The summed E-state index contributed by atoms with van der Waals surface area (Å²) < 4.78 is 5.87. The van der Waals surface area contributed by atoms with E-state index in [1.807, 2.05) is 31.2 Å². The molecule has 2 rings (SSSR count). The first kappa shape index (κ1) is 13.6. The van der Waals surface area contributed by atoms with E-state index in [9.17, 15) is 5.11 Å². The normalized spacial score (nSPS) is 10.8. The molecule has 0 saturated carbocycles. The van der Waals surface area contributed by atoms with Crippen molar-refractivity contribution in [3.05, 3.63) is 53.3 Å². The summed E-state index contributed by atoms with van der Waals surface area (Å²) in [6.45, 7) is 6.12. The van der Waals surface area contributed by atoms with Gasteiger partial charge in [0.05, 0.1) is 6.61 Å². The van der Waals surface area contributed by atoms with Gasteiger partial charge in [-0.2, -0.15) is 0 Å². The topological polar surface area (TPSA) is 42.4 Å².